The highest BCUT2D eigenvalue weighted by Gasteiger charge is 2.44. The van der Waals surface area contributed by atoms with Gasteiger partial charge in [0.2, 0.25) is 0 Å². The van der Waals surface area contributed by atoms with Crippen LogP contribution >= 0.6 is 0 Å². The first kappa shape index (κ1) is 14.6. The molecule has 1 nitrogen and oxygen atoms in total. The Bertz CT molecular complexity index is 510. The van der Waals surface area contributed by atoms with E-state index in [0.29, 0.717) is 25.7 Å². The molecule has 2 atom stereocenters. The molecule has 0 radical (unpaired) electrons. The minimum Gasteiger partial charge on any atom is -0.299 e. The van der Waals surface area contributed by atoms with Crippen LogP contribution in [-0.2, 0) is 17.6 Å². The molecule has 21 heavy (non-hydrogen) atoms. The van der Waals surface area contributed by atoms with Crippen LogP contribution in [0.5, 0.6) is 0 Å². The zero-order chi connectivity index (χ0) is 15.0. The minimum absolute atomic E-state index is 0.00478. The molecule has 1 saturated carbocycles. The monoisotopic (exact) mass is 296 g/mol. The molecule has 0 aromatic heterocycles. The van der Waals surface area contributed by atoms with E-state index in [1.807, 2.05) is 24.3 Å². The lowest BCUT2D eigenvalue weighted by Gasteiger charge is -2.31. The SMILES string of the molecule is O=C(C1Cc2ccccc2C1)C1CCCC(C(F)(F)F)C1. The van der Waals surface area contributed by atoms with Crippen molar-refractivity contribution in [3.8, 4) is 0 Å². The summed E-state index contributed by atoms with van der Waals surface area (Å²) in [7, 11) is 0. The first-order valence-electron chi connectivity index (χ1n) is 7.62. The molecule has 1 fully saturated rings. The Hall–Kier alpha value is -1.32. The molecule has 0 bridgehead atoms. The Morgan fingerprint density at radius 1 is 1.00 bits per heavy atom. The number of hydrogen-bond donors (Lipinski definition) is 0. The third-order valence-electron chi connectivity index (χ3n) is 4.99. The zero-order valence-electron chi connectivity index (χ0n) is 11.8. The van der Waals surface area contributed by atoms with Crippen LogP contribution in [0.15, 0.2) is 24.3 Å². The number of Topliss-reactive ketones (excluding diaryl/α,β-unsaturated/α-hetero) is 1. The predicted molar refractivity (Wildman–Crippen MR) is 73.9 cm³/mol. The average Bonchev–Trinajstić information content (AvgIpc) is 2.89. The van der Waals surface area contributed by atoms with Gasteiger partial charge in [0.1, 0.15) is 5.78 Å². The second kappa shape index (κ2) is 5.47. The highest BCUT2D eigenvalue weighted by molar-refractivity contribution is 5.85. The van der Waals surface area contributed by atoms with Crippen molar-refractivity contribution in [3.05, 3.63) is 35.4 Å². The van der Waals surface area contributed by atoms with Gasteiger partial charge in [-0.25, -0.2) is 0 Å². The number of halogens is 3. The summed E-state index contributed by atoms with van der Waals surface area (Å²) in [6.45, 7) is 0. The lowest BCUT2D eigenvalue weighted by Crippen LogP contribution is -2.34. The summed E-state index contributed by atoms with van der Waals surface area (Å²) in [4.78, 5) is 12.6. The lowest BCUT2D eigenvalue weighted by atomic mass is 9.76. The molecule has 1 aromatic rings. The lowest BCUT2D eigenvalue weighted by molar-refractivity contribution is -0.186. The summed E-state index contributed by atoms with van der Waals surface area (Å²) in [6.07, 6.45) is -1.45. The second-order valence-corrected chi connectivity index (χ2v) is 6.38. The summed E-state index contributed by atoms with van der Waals surface area (Å²) in [5.74, 6) is -1.74. The maximum absolute atomic E-state index is 12.9. The number of fused-ring (bicyclic) bond motifs is 1. The average molecular weight is 296 g/mol. The van der Waals surface area contributed by atoms with E-state index in [1.54, 1.807) is 0 Å². The van der Waals surface area contributed by atoms with Gasteiger partial charge in [-0.05, 0) is 43.2 Å². The number of benzene rings is 1. The fourth-order valence-corrected chi connectivity index (χ4v) is 3.84. The molecule has 114 valence electrons. The molecule has 2 unspecified atom stereocenters. The Labute approximate surface area is 122 Å². The summed E-state index contributed by atoms with van der Waals surface area (Å²) in [5, 5.41) is 0. The molecule has 0 spiro atoms. The molecule has 0 N–H and O–H groups in total. The predicted octanol–water partition coefficient (Wildman–Crippen LogP) is 4.34. The van der Waals surface area contributed by atoms with Crippen LogP contribution in [0.1, 0.15) is 36.8 Å². The number of carbonyl (C=O) groups is 1. The minimum atomic E-state index is -4.16. The fourth-order valence-electron chi connectivity index (χ4n) is 3.84. The molecule has 4 heteroatoms. The van der Waals surface area contributed by atoms with E-state index >= 15 is 0 Å². The van der Waals surface area contributed by atoms with Crippen molar-refractivity contribution in [2.45, 2.75) is 44.7 Å². The third kappa shape index (κ3) is 2.99. The largest absolute Gasteiger partial charge is 0.391 e. The van der Waals surface area contributed by atoms with E-state index in [9.17, 15) is 18.0 Å². The molecule has 2 aliphatic carbocycles. The number of ketones is 1. The van der Waals surface area contributed by atoms with Crippen molar-refractivity contribution in [3.63, 3.8) is 0 Å². The van der Waals surface area contributed by atoms with Gasteiger partial charge in [0.15, 0.2) is 0 Å². The van der Waals surface area contributed by atoms with Crippen LogP contribution in [0, 0.1) is 17.8 Å². The number of rotatable bonds is 2. The van der Waals surface area contributed by atoms with E-state index in [2.05, 4.69) is 0 Å². The van der Waals surface area contributed by atoms with E-state index in [4.69, 9.17) is 0 Å². The fraction of sp³-hybridized carbons (Fsp3) is 0.588. The molecular weight excluding hydrogens is 277 g/mol. The molecule has 0 heterocycles. The van der Waals surface area contributed by atoms with Gasteiger partial charge in [-0.3, -0.25) is 4.79 Å². The standard InChI is InChI=1S/C17H19F3O/c18-17(19,20)15-7-3-6-13(10-15)16(21)14-8-11-4-1-2-5-12(11)9-14/h1-2,4-5,13-15H,3,6-10H2. The highest BCUT2D eigenvalue weighted by Crippen LogP contribution is 2.42. The molecule has 0 saturated heterocycles. The zero-order valence-corrected chi connectivity index (χ0v) is 11.8. The first-order chi connectivity index (χ1) is 9.95. The van der Waals surface area contributed by atoms with Gasteiger partial charge in [-0.15, -0.1) is 0 Å². The van der Waals surface area contributed by atoms with Crippen molar-refractivity contribution in [1.82, 2.24) is 0 Å². The van der Waals surface area contributed by atoms with E-state index in [-0.39, 0.29) is 24.5 Å². The van der Waals surface area contributed by atoms with Crippen LogP contribution in [0.25, 0.3) is 0 Å². The topological polar surface area (TPSA) is 17.1 Å². The van der Waals surface area contributed by atoms with Gasteiger partial charge in [0.25, 0.3) is 0 Å². The third-order valence-corrected chi connectivity index (χ3v) is 4.99. The Morgan fingerprint density at radius 3 is 2.19 bits per heavy atom. The molecular formula is C17H19F3O. The van der Waals surface area contributed by atoms with Gasteiger partial charge in [-0.1, -0.05) is 30.7 Å². The summed E-state index contributed by atoms with van der Waals surface area (Å²) in [6, 6.07) is 7.93. The number of alkyl halides is 3. The summed E-state index contributed by atoms with van der Waals surface area (Å²) >= 11 is 0. The van der Waals surface area contributed by atoms with Crippen molar-refractivity contribution < 1.29 is 18.0 Å². The maximum atomic E-state index is 12.9. The molecule has 1 aromatic carbocycles. The molecule has 0 aliphatic heterocycles. The Morgan fingerprint density at radius 2 is 1.62 bits per heavy atom. The number of carbonyl (C=O) groups excluding carboxylic acids is 1. The normalized spacial score (nSPS) is 26.6. The van der Waals surface area contributed by atoms with Gasteiger partial charge < -0.3 is 0 Å². The smallest absolute Gasteiger partial charge is 0.299 e. The van der Waals surface area contributed by atoms with Crippen LogP contribution in [0.4, 0.5) is 13.2 Å². The van der Waals surface area contributed by atoms with Crippen molar-refractivity contribution >= 4 is 5.78 Å². The Balaban J connectivity index is 1.67. The van der Waals surface area contributed by atoms with E-state index < -0.39 is 18.0 Å². The van der Waals surface area contributed by atoms with E-state index in [1.165, 1.54) is 11.1 Å². The molecule has 0 amide bonds. The summed E-state index contributed by atoms with van der Waals surface area (Å²) in [5.41, 5.74) is 2.36. The van der Waals surface area contributed by atoms with Gasteiger partial charge in [-0.2, -0.15) is 13.2 Å². The van der Waals surface area contributed by atoms with E-state index in [0.717, 1.165) is 0 Å². The van der Waals surface area contributed by atoms with Crippen molar-refractivity contribution in [2.75, 3.05) is 0 Å². The van der Waals surface area contributed by atoms with Crippen molar-refractivity contribution in [2.24, 2.45) is 17.8 Å². The molecule has 3 rings (SSSR count). The Kier molecular flexibility index (Phi) is 3.80. The summed E-state index contributed by atoms with van der Waals surface area (Å²) < 4.78 is 38.6. The second-order valence-electron chi connectivity index (χ2n) is 6.38. The van der Waals surface area contributed by atoms with Gasteiger partial charge in [0.05, 0.1) is 5.92 Å². The molecule has 2 aliphatic rings. The van der Waals surface area contributed by atoms with Crippen LogP contribution in [0.2, 0.25) is 0 Å². The van der Waals surface area contributed by atoms with Gasteiger partial charge in [0, 0.05) is 11.8 Å². The quantitative estimate of drug-likeness (QED) is 0.793. The highest BCUT2D eigenvalue weighted by atomic mass is 19.4. The van der Waals surface area contributed by atoms with Crippen molar-refractivity contribution in [1.29, 1.82) is 0 Å². The van der Waals surface area contributed by atoms with Gasteiger partial charge >= 0.3 is 6.18 Å². The maximum Gasteiger partial charge on any atom is 0.391 e. The first-order valence-corrected chi connectivity index (χ1v) is 7.62. The van der Waals surface area contributed by atoms with Crippen LogP contribution in [-0.4, -0.2) is 12.0 Å². The number of hydrogen-bond acceptors (Lipinski definition) is 1. The van der Waals surface area contributed by atoms with Crippen LogP contribution < -0.4 is 0 Å². The van der Waals surface area contributed by atoms with Crippen LogP contribution in [0.3, 0.4) is 0 Å².